The Kier molecular flexibility index (Phi) is 10.8. The molecule has 0 unspecified atom stereocenters. The normalized spacial score (nSPS) is 19.9. The summed E-state index contributed by atoms with van der Waals surface area (Å²) in [5.41, 5.74) is 22.7. The summed E-state index contributed by atoms with van der Waals surface area (Å²) in [5.74, 6) is 0. The number of fused-ring (bicyclic) bond motifs is 9. The Morgan fingerprint density at radius 1 is 0.453 bits per heavy atom. The van der Waals surface area contributed by atoms with Gasteiger partial charge < -0.3 is 14.2 Å². The van der Waals surface area contributed by atoms with Gasteiger partial charge in [-0.3, -0.25) is 0 Å². The molecule has 0 spiro atoms. The molecule has 6 aromatic carbocycles. The van der Waals surface area contributed by atoms with Gasteiger partial charge in [0, 0.05) is 33.8 Å². The molecular weight excluding hydrogens is 902 g/mol. The summed E-state index contributed by atoms with van der Waals surface area (Å²) in [5, 5.41) is 1.08. The molecule has 3 aliphatic carbocycles. The zero-order valence-corrected chi connectivity index (χ0v) is 47.5. The quantitative estimate of drug-likeness (QED) is 0.165. The molecule has 2 aliphatic heterocycles. The molecule has 10 radical (unpaired) electrons. The topological polar surface area (TPSA) is 19.6 Å². The number of anilines is 6. The third-order valence-electron chi connectivity index (χ3n) is 19.7. The van der Waals surface area contributed by atoms with Gasteiger partial charge in [0.2, 0.25) is 0 Å². The van der Waals surface area contributed by atoms with E-state index in [9.17, 15) is 0 Å². The van der Waals surface area contributed by atoms with E-state index in [-0.39, 0.29) is 61.0 Å². The molecule has 368 valence electrons. The van der Waals surface area contributed by atoms with Gasteiger partial charge in [0.1, 0.15) is 44.8 Å². The minimum Gasteiger partial charge on any atom is -0.468 e. The smallest absolute Gasteiger partial charge is 0.297 e. The molecule has 0 bridgehead atoms. The molecule has 0 amide bonds. The molecule has 9 heteroatoms. The first-order chi connectivity index (χ1) is 34.8. The summed E-state index contributed by atoms with van der Waals surface area (Å²) >= 11 is 0. The number of hydrogen-bond donors (Lipinski definition) is 0. The van der Waals surface area contributed by atoms with Crippen LogP contribution in [0.25, 0.3) is 22.1 Å². The minimum atomic E-state index is -0.282. The molecule has 0 atom stereocenters. The number of rotatable bonds is 3. The summed E-state index contributed by atoms with van der Waals surface area (Å²) in [4.78, 5) is 5.07. The van der Waals surface area contributed by atoms with E-state index in [1.807, 2.05) is 0 Å². The third-order valence-corrected chi connectivity index (χ3v) is 19.7. The monoisotopic (exact) mass is 973 g/mol. The van der Waals surface area contributed by atoms with Gasteiger partial charge in [0.25, 0.3) is 6.71 Å². The van der Waals surface area contributed by atoms with Crippen molar-refractivity contribution in [2.45, 2.75) is 180 Å². The van der Waals surface area contributed by atoms with Crippen LogP contribution in [0.4, 0.5) is 34.1 Å². The highest BCUT2D eigenvalue weighted by Crippen LogP contribution is 2.55. The lowest BCUT2D eigenvalue weighted by molar-refractivity contribution is 0.332. The maximum Gasteiger partial charge on any atom is 0.297 e. The summed E-state index contributed by atoms with van der Waals surface area (Å²) in [6, 6.07) is 31.1. The first-order valence-corrected chi connectivity index (χ1v) is 27.7. The fourth-order valence-corrected chi connectivity index (χ4v) is 14.3. The Morgan fingerprint density at radius 3 is 1.37 bits per heavy atom. The second kappa shape index (κ2) is 16.0. The third kappa shape index (κ3) is 7.33. The van der Waals surface area contributed by atoms with Crippen molar-refractivity contribution in [2.24, 2.45) is 0 Å². The van der Waals surface area contributed by atoms with Crippen LogP contribution in [0, 0.1) is 0 Å². The van der Waals surface area contributed by atoms with Crippen molar-refractivity contribution in [1.29, 1.82) is 0 Å². The highest BCUT2D eigenvalue weighted by atomic mass is 16.3. The number of furan rings is 1. The Hall–Kier alpha value is -5.15. The van der Waals surface area contributed by atoms with Gasteiger partial charge in [-0.15, -0.1) is 16.4 Å². The first kappa shape index (κ1) is 50.7. The molecule has 1 aromatic heterocycles. The number of nitrogens with zero attached hydrogens (tertiary/aromatic N) is 2. The van der Waals surface area contributed by atoms with Crippen LogP contribution in [0.5, 0.6) is 0 Å². The fourth-order valence-electron chi connectivity index (χ4n) is 14.3. The number of benzene rings is 6. The van der Waals surface area contributed by atoms with Crippen LogP contribution in [0.1, 0.15) is 181 Å². The number of hydrogen-bond acceptors (Lipinski definition) is 3. The summed E-state index contributed by atoms with van der Waals surface area (Å²) in [6.07, 6.45) is 6.64. The van der Waals surface area contributed by atoms with E-state index < -0.39 is 0 Å². The second-order valence-corrected chi connectivity index (χ2v) is 28.5. The Morgan fingerprint density at radius 2 is 0.880 bits per heavy atom. The van der Waals surface area contributed by atoms with E-state index >= 15 is 0 Å². The Labute approximate surface area is 455 Å². The molecular formula is C66H70B6N2O. The van der Waals surface area contributed by atoms with E-state index in [1.54, 1.807) is 0 Å². The van der Waals surface area contributed by atoms with E-state index in [0.717, 1.165) is 100 Å². The highest BCUT2D eigenvalue weighted by molar-refractivity contribution is 7.00. The summed E-state index contributed by atoms with van der Waals surface area (Å²) in [7, 11) is 34.5. The van der Waals surface area contributed by atoms with Crippen LogP contribution in [0.15, 0.2) is 83.3 Å². The van der Waals surface area contributed by atoms with Gasteiger partial charge in [0.15, 0.2) is 0 Å². The lowest BCUT2D eigenvalue weighted by atomic mass is 9.35. The molecule has 0 saturated heterocycles. The molecule has 0 fully saturated rings. The Bertz CT molecular complexity index is 3610. The molecule has 0 saturated carbocycles. The first-order valence-electron chi connectivity index (χ1n) is 27.7. The van der Waals surface area contributed by atoms with Crippen molar-refractivity contribution in [3.8, 4) is 11.1 Å². The van der Waals surface area contributed by atoms with Gasteiger partial charge >= 0.3 is 0 Å². The van der Waals surface area contributed by atoms with Gasteiger partial charge in [-0.05, 0) is 192 Å². The lowest BCUT2D eigenvalue weighted by Crippen LogP contribution is -2.61. The van der Waals surface area contributed by atoms with Crippen molar-refractivity contribution < 1.29 is 4.42 Å². The molecule has 12 rings (SSSR count). The largest absolute Gasteiger partial charge is 0.468 e. The van der Waals surface area contributed by atoms with Gasteiger partial charge in [-0.1, -0.05) is 139 Å². The van der Waals surface area contributed by atoms with Crippen molar-refractivity contribution >= 4 is 135 Å². The van der Waals surface area contributed by atoms with E-state index in [1.165, 1.54) is 44.4 Å². The predicted octanol–water partition coefficient (Wildman–Crippen LogP) is 10.5. The highest BCUT2D eigenvalue weighted by Gasteiger charge is 2.50. The van der Waals surface area contributed by atoms with Crippen LogP contribution >= 0.6 is 0 Å². The summed E-state index contributed by atoms with van der Waals surface area (Å²) in [6.45, 7) is 35.6. The average Bonchev–Trinajstić information content (AvgIpc) is 3.79. The van der Waals surface area contributed by atoms with Crippen molar-refractivity contribution in [3.05, 3.63) is 118 Å². The maximum absolute atomic E-state index is 7.56. The molecule has 3 heterocycles. The fraction of sp³-hybridized carbons (Fsp3) is 0.424. The van der Waals surface area contributed by atoms with Gasteiger partial charge in [-0.2, -0.15) is 0 Å². The SMILES string of the molecule is [B]c1c([B])c([B])c(-c2cc3c4c(c2)N(c2ccc5c(c2)C(C)(C)CCC5(C)C)c2c(oc5ccc(C(C)(C)C)cc25)B4c2cc4c(cc2N3c2ccc3c(c2)C(C)(C)CCC3(C)C)C(C)(C)CCC4(C)C)c([B])c1[B]. The van der Waals surface area contributed by atoms with E-state index in [0.29, 0.717) is 16.5 Å². The van der Waals surface area contributed by atoms with Crippen molar-refractivity contribution in [3.63, 3.8) is 0 Å². The zero-order valence-electron chi connectivity index (χ0n) is 47.5. The molecule has 3 nitrogen and oxygen atoms in total. The zero-order chi connectivity index (χ0) is 53.8. The van der Waals surface area contributed by atoms with Crippen LogP contribution in [0.3, 0.4) is 0 Å². The van der Waals surface area contributed by atoms with Crippen LogP contribution in [-0.4, -0.2) is 45.9 Å². The van der Waals surface area contributed by atoms with Crippen LogP contribution in [0.2, 0.25) is 0 Å². The summed E-state index contributed by atoms with van der Waals surface area (Å²) < 4.78 is 7.56. The Balaban J connectivity index is 1.28. The van der Waals surface area contributed by atoms with Crippen LogP contribution < -0.4 is 53.7 Å². The van der Waals surface area contributed by atoms with Crippen molar-refractivity contribution in [2.75, 3.05) is 9.80 Å². The molecule has 0 N–H and O–H groups in total. The molecule has 7 aromatic rings. The molecule has 5 aliphatic rings. The lowest BCUT2D eigenvalue weighted by Gasteiger charge is -2.47. The predicted molar refractivity (Wildman–Crippen MR) is 327 cm³/mol. The van der Waals surface area contributed by atoms with Gasteiger partial charge in [-0.25, -0.2) is 0 Å². The average molecular weight is 972 g/mol. The van der Waals surface area contributed by atoms with E-state index in [2.05, 4.69) is 193 Å². The van der Waals surface area contributed by atoms with E-state index in [4.69, 9.17) is 43.6 Å². The maximum atomic E-state index is 7.56. The minimum absolute atomic E-state index is 0.0268. The van der Waals surface area contributed by atoms with Crippen LogP contribution in [-0.2, 0) is 37.9 Å². The second-order valence-electron chi connectivity index (χ2n) is 28.5. The molecule has 75 heavy (non-hydrogen) atoms. The van der Waals surface area contributed by atoms with Crippen molar-refractivity contribution in [1.82, 2.24) is 0 Å². The standard InChI is InChI=1S/C66H70B6N2O/c1-60(2,3)36-16-21-50-39(30-36)58-59(75-50)72-46-33-44-45(66(14,15)27-26-65(44,12)13)34-47(46)73(37-17-19-40-42(31-37)63(8,9)24-22-61(40,4)5)48-28-35(51-52(67)54(69)56(71)55(70)53(51)68)29-49(57(48)72)74(58)38-18-20-41-43(32-38)64(10,11)25-23-62(41,6)7/h16-21,28-34H,22-27H2,1-15H3. The van der Waals surface area contributed by atoms with Gasteiger partial charge in [0.05, 0.1) is 11.3 Å².